The molecule has 3 rings (SSSR count). The minimum atomic E-state index is -3.39. The molecule has 0 saturated heterocycles. The summed E-state index contributed by atoms with van der Waals surface area (Å²) < 4.78 is 47.4. The van der Waals surface area contributed by atoms with Crippen LogP contribution >= 0.6 is 0 Å². The number of ether oxygens (including phenoxy) is 2. The van der Waals surface area contributed by atoms with Crippen LogP contribution in [0.4, 0.5) is 10.1 Å². The number of hydrogen-bond acceptors (Lipinski definition) is 5. The van der Waals surface area contributed by atoms with Gasteiger partial charge in [-0.15, -0.1) is 0 Å². The number of sulfone groups is 1. The summed E-state index contributed by atoms with van der Waals surface area (Å²) in [6, 6.07) is 9.30. The lowest BCUT2D eigenvalue weighted by Gasteiger charge is -2.28. The Labute approximate surface area is 156 Å². The van der Waals surface area contributed by atoms with Crippen molar-refractivity contribution in [2.24, 2.45) is 0 Å². The molecule has 1 aliphatic heterocycles. The third-order valence-electron chi connectivity index (χ3n) is 4.20. The van der Waals surface area contributed by atoms with E-state index in [0.29, 0.717) is 17.2 Å². The first-order valence-corrected chi connectivity index (χ1v) is 9.78. The topological polar surface area (TPSA) is 72.9 Å². The highest BCUT2D eigenvalue weighted by Gasteiger charge is 2.32. The minimum absolute atomic E-state index is 0.233. The lowest BCUT2D eigenvalue weighted by molar-refractivity contribution is 0.0982. The summed E-state index contributed by atoms with van der Waals surface area (Å²) in [5.41, 5.74) is 0.678. The summed E-state index contributed by atoms with van der Waals surface area (Å²) in [6.07, 6.45) is 1.46. The zero-order valence-electron chi connectivity index (χ0n) is 14.8. The van der Waals surface area contributed by atoms with Gasteiger partial charge in [0.25, 0.3) is 5.91 Å². The van der Waals surface area contributed by atoms with Crippen LogP contribution in [-0.4, -0.2) is 40.3 Å². The lowest BCUT2D eigenvalue weighted by atomic mass is 10.1. The van der Waals surface area contributed by atoms with Gasteiger partial charge in [0, 0.05) is 16.7 Å². The molecule has 2 aromatic rings. The number of nitrogens with zero attached hydrogens (tertiary/aromatic N) is 1. The van der Waals surface area contributed by atoms with E-state index < -0.39 is 27.6 Å². The second-order valence-electron chi connectivity index (χ2n) is 5.95. The van der Waals surface area contributed by atoms with Gasteiger partial charge in [-0.3, -0.25) is 4.79 Å². The van der Waals surface area contributed by atoms with Crippen LogP contribution in [0.1, 0.15) is 10.4 Å². The van der Waals surface area contributed by atoms with Crippen molar-refractivity contribution < 1.29 is 27.1 Å². The summed E-state index contributed by atoms with van der Waals surface area (Å²) in [7, 11) is -0.450. The monoisotopic (exact) mass is 391 g/mol. The van der Waals surface area contributed by atoms with Gasteiger partial charge in [-0.2, -0.15) is 0 Å². The molecule has 0 bridgehead atoms. The number of anilines is 1. The van der Waals surface area contributed by atoms with Gasteiger partial charge < -0.3 is 14.4 Å². The van der Waals surface area contributed by atoms with Gasteiger partial charge >= 0.3 is 0 Å². The minimum Gasteiger partial charge on any atom is -0.493 e. The molecule has 6 nitrogen and oxygen atoms in total. The molecule has 1 aliphatic rings. The van der Waals surface area contributed by atoms with E-state index in [-0.39, 0.29) is 11.3 Å². The van der Waals surface area contributed by atoms with Crippen molar-refractivity contribution >= 4 is 21.4 Å². The van der Waals surface area contributed by atoms with Crippen LogP contribution in [-0.2, 0) is 9.84 Å². The first kappa shape index (κ1) is 18.9. The molecule has 1 heterocycles. The van der Waals surface area contributed by atoms with Gasteiger partial charge in [0.05, 0.1) is 26.0 Å². The normalized spacial score (nSPS) is 17.5. The SMILES string of the molecule is COc1ccc(C(=O)N(c2ccc(F)cc2)[C@@H]2C=CS(=O)(=O)C2)cc1OC. The van der Waals surface area contributed by atoms with E-state index in [2.05, 4.69) is 0 Å². The molecule has 0 N–H and O–H groups in total. The van der Waals surface area contributed by atoms with Gasteiger partial charge in [0.15, 0.2) is 21.3 Å². The predicted octanol–water partition coefficient (Wildman–Crippen LogP) is 2.80. The number of amides is 1. The van der Waals surface area contributed by atoms with Crippen LogP contribution < -0.4 is 14.4 Å². The van der Waals surface area contributed by atoms with E-state index in [1.807, 2.05) is 0 Å². The average molecular weight is 391 g/mol. The molecule has 0 aromatic heterocycles. The van der Waals surface area contributed by atoms with Crippen LogP contribution in [0, 0.1) is 5.82 Å². The van der Waals surface area contributed by atoms with E-state index in [9.17, 15) is 17.6 Å². The first-order valence-electron chi connectivity index (χ1n) is 8.07. The molecule has 1 amide bonds. The Kier molecular flexibility index (Phi) is 5.18. The Morgan fingerprint density at radius 3 is 2.30 bits per heavy atom. The fourth-order valence-corrected chi connectivity index (χ4v) is 4.16. The molecule has 1 atom stereocenters. The molecule has 142 valence electrons. The second-order valence-corrected chi connectivity index (χ2v) is 7.88. The van der Waals surface area contributed by atoms with Gasteiger partial charge in [-0.05, 0) is 48.5 Å². The fourth-order valence-electron chi connectivity index (χ4n) is 2.89. The van der Waals surface area contributed by atoms with Crippen molar-refractivity contribution in [3.8, 4) is 11.5 Å². The number of halogens is 1. The van der Waals surface area contributed by atoms with Gasteiger partial charge in [-0.1, -0.05) is 0 Å². The molecule has 0 aliphatic carbocycles. The van der Waals surface area contributed by atoms with Crippen LogP contribution in [0.25, 0.3) is 0 Å². The maximum Gasteiger partial charge on any atom is 0.258 e. The summed E-state index contributed by atoms with van der Waals surface area (Å²) in [6.45, 7) is 0. The Bertz CT molecular complexity index is 986. The highest BCUT2D eigenvalue weighted by molar-refractivity contribution is 7.94. The van der Waals surface area contributed by atoms with E-state index in [1.165, 1.54) is 55.5 Å². The first-order chi connectivity index (χ1) is 12.8. The quantitative estimate of drug-likeness (QED) is 0.784. The van der Waals surface area contributed by atoms with Gasteiger partial charge in [0.1, 0.15) is 5.82 Å². The maximum absolute atomic E-state index is 13.3. The number of carbonyl (C=O) groups excluding carboxylic acids is 1. The molecule has 0 unspecified atom stereocenters. The maximum atomic E-state index is 13.3. The average Bonchev–Trinajstić information content (AvgIpc) is 3.02. The summed E-state index contributed by atoms with van der Waals surface area (Å²) in [4.78, 5) is 14.5. The molecular formula is C19H18FNO5S. The van der Waals surface area contributed by atoms with Crippen molar-refractivity contribution in [2.45, 2.75) is 6.04 Å². The fraction of sp³-hybridized carbons (Fsp3) is 0.211. The van der Waals surface area contributed by atoms with Crippen LogP contribution in [0.5, 0.6) is 11.5 Å². The van der Waals surface area contributed by atoms with E-state index in [4.69, 9.17) is 9.47 Å². The van der Waals surface area contributed by atoms with Crippen LogP contribution in [0.2, 0.25) is 0 Å². The number of hydrogen-bond donors (Lipinski definition) is 0. The zero-order valence-corrected chi connectivity index (χ0v) is 15.6. The molecule has 27 heavy (non-hydrogen) atoms. The number of methoxy groups -OCH3 is 2. The second kappa shape index (κ2) is 7.40. The molecule has 2 aromatic carbocycles. The third-order valence-corrected chi connectivity index (χ3v) is 5.57. The number of benzene rings is 2. The van der Waals surface area contributed by atoms with Gasteiger partial charge in [0.2, 0.25) is 0 Å². The predicted molar refractivity (Wildman–Crippen MR) is 99.5 cm³/mol. The number of rotatable bonds is 5. The van der Waals surface area contributed by atoms with Crippen molar-refractivity contribution in [3.05, 3.63) is 65.3 Å². The molecule has 0 spiro atoms. The van der Waals surface area contributed by atoms with E-state index in [1.54, 1.807) is 12.1 Å². The summed E-state index contributed by atoms with van der Waals surface area (Å²) >= 11 is 0. The van der Waals surface area contributed by atoms with Crippen LogP contribution in [0.15, 0.2) is 53.9 Å². The Morgan fingerprint density at radius 2 is 1.74 bits per heavy atom. The van der Waals surface area contributed by atoms with Crippen molar-refractivity contribution in [3.63, 3.8) is 0 Å². The highest BCUT2D eigenvalue weighted by Crippen LogP contribution is 2.30. The van der Waals surface area contributed by atoms with Gasteiger partial charge in [-0.25, -0.2) is 12.8 Å². The molecule has 0 saturated carbocycles. The standard InChI is InChI=1S/C19H18FNO5S/c1-25-17-8-3-13(11-18(17)26-2)19(22)21(15-6-4-14(20)5-7-15)16-9-10-27(23,24)12-16/h3-11,16H,12H2,1-2H3/t16-/m1/s1. The van der Waals surface area contributed by atoms with Crippen molar-refractivity contribution in [1.82, 2.24) is 0 Å². The van der Waals surface area contributed by atoms with E-state index in [0.717, 1.165) is 5.41 Å². The largest absolute Gasteiger partial charge is 0.493 e. The van der Waals surface area contributed by atoms with Crippen LogP contribution in [0.3, 0.4) is 0 Å². The Balaban J connectivity index is 2.03. The smallest absolute Gasteiger partial charge is 0.258 e. The zero-order chi connectivity index (χ0) is 19.6. The molecule has 0 fully saturated rings. The van der Waals surface area contributed by atoms with Crippen molar-refractivity contribution in [1.29, 1.82) is 0 Å². The summed E-state index contributed by atoms with van der Waals surface area (Å²) in [5, 5.41) is 1.09. The molecule has 8 heteroatoms. The Hall–Kier alpha value is -2.87. The molecular weight excluding hydrogens is 373 g/mol. The third kappa shape index (κ3) is 3.95. The lowest BCUT2D eigenvalue weighted by Crippen LogP contribution is -2.41. The Morgan fingerprint density at radius 1 is 1.07 bits per heavy atom. The summed E-state index contributed by atoms with van der Waals surface area (Å²) in [5.74, 6) is -0.285. The number of carbonyl (C=O) groups is 1. The van der Waals surface area contributed by atoms with Crippen molar-refractivity contribution in [2.75, 3.05) is 24.9 Å². The van der Waals surface area contributed by atoms with E-state index >= 15 is 0 Å². The molecule has 0 radical (unpaired) electrons. The highest BCUT2D eigenvalue weighted by atomic mass is 32.2.